The lowest BCUT2D eigenvalue weighted by molar-refractivity contribution is 0.0699. The van der Waals surface area contributed by atoms with Gasteiger partial charge in [0.15, 0.2) is 0 Å². The topological polar surface area (TPSA) is 64.6 Å². The van der Waals surface area contributed by atoms with Gasteiger partial charge in [-0.25, -0.2) is 13.1 Å². The van der Waals surface area contributed by atoms with E-state index in [1.807, 2.05) is 19.9 Å². The van der Waals surface area contributed by atoms with Crippen LogP contribution < -0.4 is 4.72 Å². The normalized spacial score (nSPS) is 11.8. The van der Waals surface area contributed by atoms with E-state index in [4.69, 9.17) is 9.47 Å². The first-order valence-electron chi connectivity index (χ1n) is 6.61. The summed E-state index contributed by atoms with van der Waals surface area (Å²) in [7, 11) is -1.82. The first-order chi connectivity index (χ1) is 9.47. The number of ether oxygens (including phenoxy) is 2. The molecule has 0 spiro atoms. The summed E-state index contributed by atoms with van der Waals surface area (Å²) in [6, 6.07) is 5.13. The number of aryl methyl sites for hydroxylation is 2. The van der Waals surface area contributed by atoms with Gasteiger partial charge in [0.1, 0.15) is 0 Å². The largest absolute Gasteiger partial charge is 0.382 e. The molecule has 1 N–H and O–H groups in total. The Kier molecular flexibility index (Phi) is 7.15. The first kappa shape index (κ1) is 17.1. The highest BCUT2D eigenvalue weighted by molar-refractivity contribution is 7.89. The Bertz CT molecular complexity index is 514. The van der Waals surface area contributed by atoms with E-state index < -0.39 is 10.0 Å². The molecule has 0 aliphatic rings. The molecule has 1 rings (SSSR count). The summed E-state index contributed by atoms with van der Waals surface area (Å²) in [6.45, 7) is 5.81. The molecule has 0 saturated carbocycles. The summed E-state index contributed by atoms with van der Waals surface area (Å²) in [5.41, 5.74) is 2.05. The number of sulfonamides is 1. The molecule has 0 radical (unpaired) electrons. The van der Waals surface area contributed by atoms with Crippen molar-refractivity contribution in [3.63, 3.8) is 0 Å². The van der Waals surface area contributed by atoms with E-state index in [1.54, 1.807) is 19.2 Å². The maximum atomic E-state index is 12.1. The van der Waals surface area contributed by atoms with Crippen LogP contribution in [0.1, 0.15) is 17.5 Å². The molecule has 0 heterocycles. The zero-order valence-electron chi connectivity index (χ0n) is 12.3. The first-order valence-corrected chi connectivity index (χ1v) is 8.09. The Hall–Kier alpha value is -0.950. The summed E-state index contributed by atoms with van der Waals surface area (Å²) >= 11 is 0. The molecular formula is C14H23NO4S. The molecule has 0 atom stereocenters. The maximum absolute atomic E-state index is 12.1. The Morgan fingerprint density at radius 2 is 1.85 bits per heavy atom. The molecule has 1 aromatic carbocycles. The summed E-state index contributed by atoms with van der Waals surface area (Å²) in [5, 5.41) is 0. The molecule has 6 heteroatoms. The zero-order chi connectivity index (χ0) is 15.0. The van der Waals surface area contributed by atoms with E-state index >= 15 is 0 Å². The van der Waals surface area contributed by atoms with Gasteiger partial charge in [-0.1, -0.05) is 6.07 Å². The predicted molar refractivity (Wildman–Crippen MR) is 78.4 cm³/mol. The van der Waals surface area contributed by atoms with Crippen molar-refractivity contribution in [2.24, 2.45) is 0 Å². The van der Waals surface area contributed by atoms with Crippen LogP contribution in [0.5, 0.6) is 0 Å². The van der Waals surface area contributed by atoms with Crippen LogP contribution >= 0.6 is 0 Å². The molecular weight excluding hydrogens is 278 g/mol. The molecule has 0 aliphatic heterocycles. The van der Waals surface area contributed by atoms with Crippen molar-refractivity contribution >= 4 is 10.0 Å². The molecule has 0 saturated heterocycles. The molecule has 1 aromatic rings. The second-order valence-electron chi connectivity index (χ2n) is 4.60. The number of methoxy groups -OCH3 is 1. The quantitative estimate of drug-likeness (QED) is 0.704. The third-order valence-corrected chi connectivity index (χ3v) is 4.44. The Labute approximate surface area is 121 Å². The second kappa shape index (κ2) is 8.36. The summed E-state index contributed by atoms with van der Waals surface area (Å²) in [4.78, 5) is 0.306. The van der Waals surface area contributed by atoms with E-state index in [-0.39, 0.29) is 0 Å². The minimum atomic E-state index is -3.43. The van der Waals surface area contributed by atoms with Crippen molar-refractivity contribution in [3.8, 4) is 0 Å². The highest BCUT2D eigenvalue weighted by Gasteiger charge is 2.13. The van der Waals surface area contributed by atoms with Gasteiger partial charge in [0.25, 0.3) is 0 Å². The fourth-order valence-electron chi connectivity index (χ4n) is 1.59. The number of hydrogen-bond donors (Lipinski definition) is 1. The van der Waals surface area contributed by atoms with Gasteiger partial charge in [-0.3, -0.25) is 0 Å². The predicted octanol–water partition coefficient (Wildman–Crippen LogP) is 1.63. The third kappa shape index (κ3) is 5.58. The van der Waals surface area contributed by atoms with E-state index in [0.717, 1.165) is 11.1 Å². The molecule has 0 fully saturated rings. The standard InChI is InChI=1S/C14H23NO4S/c1-12-5-6-14(11-13(12)2)20(16,17)15-7-4-8-19-10-9-18-3/h5-6,11,15H,4,7-10H2,1-3H3. The lowest BCUT2D eigenvalue weighted by atomic mass is 10.1. The lowest BCUT2D eigenvalue weighted by Gasteiger charge is -2.09. The van der Waals surface area contributed by atoms with Crippen molar-refractivity contribution in [2.75, 3.05) is 33.5 Å². The van der Waals surface area contributed by atoms with Crippen LogP contribution in [0, 0.1) is 13.8 Å². The molecule has 0 aromatic heterocycles. The number of rotatable bonds is 9. The Morgan fingerprint density at radius 3 is 2.50 bits per heavy atom. The van der Waals surface area contributed by atoms with Crippen LogP contribution in [-0.4, -0.2) is 41.9 Å². The average Bonchev–Trinajstić information content (AvgIpc) is 2.40. The van der Waals surface area contributed by atoms with Crippen LogP contribution in [0.2, 0.25) is 0 Å². The van der Waals surface area contributed by atoms with Gasteiger partial charge in [-0.15, -0.1) is 0 Å². The second-order valence-corrected chi connectivity index (χ2v) is 6.37. The molecule has 0 aliphatic carbocycles. The van der Waals surface area contributed by atoms with E-state index in [0.29, 0.717) is 37.7 Å². The van der Waals surface area contributed by atoms with Gasteiger partial charge in [-0.2, -0.15) is 0 Å². The average molecular weight is 301 g/mol. The monoisotopic (exact) mass is 301 g/mol. The molecule has 114 valence electrons. The summed E-state index contributed by atoms with van der Waals surface area (Å²) in [6.07, 6.45) is 0.633. The van der Waals surface area contributed by atoms with Crippen LogP contribution in [0.4, 0.5) is 0 Å². The van der Waals surface area contributed by atoms with E-state index in [1.165, 1.54) is 0 Å². The van der Waals surface area contributed by atoms with Gasteiger partial charge < -0.3 is 9.47 Å². The van der Waals surface area contributed by atoms with Crippen LogP contribution in [0.15, 0.2) is 23.1 Å². The highest BCUT2D eigenvalue weighted by Crippen LogP contribution is 2.14. The van der Waals surface area contributed by atoms with E-state index in [2.05, 4.69) is 4.72 Å². The summed E-state index contributed by atoms with van der Waals surface area (Å²) in [5.74, 6) is 0. The Balaban J connectivity index is 2.40. The molecule has 0 bridgehead atoms. The van der Waals surface area contributed by atoms with Crippen molar-refractivity contribution in [1.29, 1.82) is 0 Å². The van der Waals surface area contributed by atoms with Gasteiger partial charge in [0.05, 0.1) is 18.1 Å². The molecule has 20 heavy (non-hydrogen) atoms. The van der Waals surface area contributed by atoms with Gasteiger partial charge in [0.2, 0.25) is 10.0 Å². The number of benzene rings is 1. The van der Waals surface area contributed by atoms with Gasteiger partial charge in [0, 0.05) is 20.3 Å². The highest BCUT2D eigenvalue weighted by atomic mass is 32.2. The minimum absolute atomic E-state index is 0.306. The van der Waals surface area contributed by atoms with Crippen molar-refractivity contribution in [2.45, 2.75) is 25.2 Å². The number of hydrogen-bond acceptors (Lipinski definition) is 4. The van der Waals surface area contributed by atoms with Crippen LogP contribution in [-0.2, 0) is 19.5 Å². The fourth-order valence-corrected chi connectivity index (χ4v) is 2.75. The van der Waals surface area contributed by atoms with E-state index in [9.17, 15) is 8.42 Å². The smallest absolute Gasteiger partial charge is 0.240 e. The SMILES string of the molecule is COCCOCCCNS(=O)(=O)c1ccc(C)c(C)c1. The minimum Gasteiger partial charge on any atom is -0.382 e. The van der Waals surface area contributed by atoms with Crippen LogP contribution in [0.25, 0.3) is 0 Å². The van der Waals surface area contributed by atoms with Crippen molar-refractivity contribution < 1.29 is 17.9 Å². The Morgan fingerprint density at radius 1 is 1.10 bits per heavy atom. The molecule has 0 unspecified atom stereocenters. The third-order valence-electron chi connectivity index (χ3n) is 2.98. The van der Waals surface area contributed by atoms with Crippen molar-refractivity contribution in [3.05, 3.63) is 29.3 Å². The van der Waals surface area contributed by atoms with Crippen LogP contribution in [0.3, 0.4) is 0 Å². The fraction of sp³-hybridized carbons (Fsp3) is 0.571. The van der Waals surface area contributed by atoms with Gasteiger partial charge in [-0.05, 0) is 43.5 Å². The zero-order valence-corrected chi connectivity index (χ0v) is 13.1. The summed E-state index contributed by atoms with van der Waals surface area (Å²) < 4.78 is 36.8. The molecule has 5 nitrogen and oxygen atoms in total. The number of nitrogens with one attached hydrogen (secondary N) is 1. The van der Waals surface area contributed by atoms with Gasteiger partial charge >= 0.3 is 0 Å². The molecule has 0 amide bonds. The maximum Gasteiger partial charge on any atom is 0.240 e. The van der Waals surface area contributed by atoms with Crippen molar-refractivity contribution in [1.82, 2.24) is 4.72 Å². The lowest BCUT2D eigenvalue weighted by Crippen LogP contribution is -2.25.